The molecule has 0 aliphatic carbocycles. The van der Waals surface area contributed by atoms with Crippen molar-refractivity contribution in [2.45, 2.75) is 0 Å². The lowest BCUT2D eigenvalue weighted by Gasteiger charge is -2.16. The number of nitrogens with zero attached hydrogens (tertiary/aromatic N) is 4. The first kappa shape index (κ1) is 19.6. The van der Waals surface area contributed by atoms with Crippen molar-refractivity contribution in [1.82, 2.24) is 19.5 Å². The molecule has 7 rings (SSSR count). The Hall–Kier alpha value is -4.83. The minimum absolute atomic E-state index is 0.698. The highest BCUT2D eigenvalue weighted by Gasteiger charge is 2.19. The minimum atomic E-state index is 0.698. The summed E-state index contributed by atoms with van der Waals surface area (Å²) in [5.74, 6) is 1.52. The number of benzene rings is 4. The van der Waals surface area contributed by atoms with Crippen LogP contribution in [0.2, 0.25) is 0 Å². The molecule has 5 aromatic rings. The van der Waals surface area contributed by atoms with Gasteiger partial charge in [0.15, 0.2) is 5.82 Å². The maximum Gasteiger partial charge on any atom is 0.162 e. The largest absolute Gasteiger partial charge is 0.300 e. The van der Waals surface area contributed by atoms with Crippen molar-refractivity contribution in [3.05, 3.63) is 121 Å². The van der Waals surface area contributed by atoms with E-state index in [0.29, 0.717) is 5.82 Å². The fourth-order valence-electron chi connectivity index (χ4n) is 4.75. The van der Waals surface area contributed by atoms with Crippen molar-refractivity contribution in [1.29, 1.82) is 0 Å². The molecule has 0 radical (unpaired) electrons. The Bertz CT molecular complexity index is 1730. The van der Waals surface area contributed by atoms with Crippen molar-refractivity contribution < 1.29 is 0 Å². The zero-order valence-electron chi connectivity index (χ0n) is 18.8. The molecule has 0 fully saturated rings. The van der Waals surface area contributed by atoms with Crippen LogP contribution in [0.5, 0.6) is 0 Å². The van der Waals surface area contributed by atoms with Gasteiger partial charge in [-0.1, -0.05) is 97.1 Å². The Morgan fingerprint density at radius 1 is 0.543 bits per heavy atom. The molecule has 2 aliphatic heterocycles. The highest BCUT2D eigenvalue weighted by Crippen LogP contribution is 2.37. The van der Waals surface area contributed by atoms with E-state index >= 15 is 0 Å². The van der Waals surface area contributed by atoms with E-state index in [4.69, 9.17) is 15.0 Å². The van der Waals surface area contributed by atoms with Crippen LogP contribution in [0.25, 0.3) is 61.5 Å². The van der Waals surface area contributed by atoms with Crippen molar-refractivity contribution in [2.75, 3.05) is 0 Å². The van der Waals surface area contributed by atoms with E-state index < -0.39 is 0 Å². The van der Waals surface area contributed by atoms with Crippen LogP contribution >= 0.6 is 0 Å². The van der Waals surface area contributed by atoms with Gasteiger partial charge in [0.2, 0.25) is 0 Å². The van der Waals surface area contributed by atoms with Crippen molar-refractivity contribution >= 4 is 21.8 Å². The summed E-state index contributed by atoms with van der Waals surface area (Å²) in [5, 5.41) is 2.24. The fourth-order valence-corrected chi connectivity index (χ4v) is 4.75. The molecule has 0 amide bonds. The van der Waals surface area contributed by atoms with Crippen molar-refractivity contribution in [3.8, 4) is 39.7 Å². The van der Waals surface area contributed by atoms with Crippen LogP contribution in [-0.4, -0.2) is 19.5 Å². The first-order chi connectivity index (χ1) is 17.3. The summed E-state index contributed by atoms with van der Waals surface area (Å²) in [6.45, 7) is 0. The molecular formula is C31H20N4. The molecule has 0 atom stereocenters. The lowest BCUT2D eigenvalue weighted by molar-refractivity contribution is 1.01. The van der Waals surface area contributed by atoms with E-state index in [2.05, 4.69) is 83.6 Å². The van der Waals surface area contributed by atoms with Gasteiger partial charge in [-0.25, -0.2) is 15.0 Å². The summed E-state index contributed by atoms with van der Waals surface area (Å²) < 4.78 is 2.17. The van der Waals surface area contributed by atoms with Gasteiger partial charge in [-0.2, -0.15) is 0 Å². The number of fused-ring (bicyclic) bond motifs is 5. The Labute approximate surface area is 202 Å². The average Bonchev–Trinajstić information content (AvgIpc) is 3.32. The van der Waals surface area contributed by atoms with Gasteiger partial charge >= 0.3 is 0 Å². The molecule has 4 heteroatoms. The predicted octanol–water partition coefficient (Wildman–Crippen LogP) is 7.41. The lowest BCUT2D eigenvalue weighted by atomic mass is 10.0. The standard InChI is InChI=1S/C31H20N4/c1-3-11-21(12-4-1)27-19-29(34-31(33-27)22-13-5-2-6-14-22)35-20-25-23-15-7-9-17-26(23)32-30(25)24-16-8-10-18-28(24)35/h1-20H. The van der Waals surface area contributed by atoms with E-state index in [1.165, 1.54) is 0 Å². The van der Waals surface area contributed by atoms with Crippen LogP contribution in [0.15, 0.2) is 121 Å². The van der Waals surface area contributed by atoms with E-state index in [0.717, 1.165) is 55.7 Å². The topological polar surface area (TPSA) is 43.6 Å². The Balaban J connectivity index is 1.57. The van der Waals surface area contributed by atoms with Gasteiger partial charge in [0, 0.05) is 39.7 Å². The molecule has 2 aliphatic rings. The zero-order valence-corrected chi connectivity index (χ0v) is 18.8. The predicted molar refractivity (Wildman–Crippen MR) is 142 cm³/mol. The van der Waals surface area contributed by atoms with Crippen molar-refractivity contribution in [3.63, 3.8) is 0 Å². The molecule has 0 bridgehead atoms. The molecule has 0 spiro atoms. The smallest absolute Gasteiger partial charge is 0.162 e. The molecule has 0 N–H and O–H groups in total. The number of pyridine rings is 1. The number of hydrogen-bond donors (Lipinski definition) is 0. The minimum Gasteiger partial charge on any atom is -0.300 e. The molecule has 3 heterocycles. The number of rotatable bonds is 3. The number of para-hydroxylation sites is 2. The fraction of sp³-hybridized carbons (Fsp3) is 0. The van der Waals surface area contributed by atoms with Gasteiger partial charge in [0.05, 0.1) is 22.4 Å². The quantitative estimate of drug-likeness (QED) is 0.283. The second kappa shape index (κ2) is 7.89. The molecule has 4 nitrogen and oxygen atoms in total. The highest BCUT2D eigenvalue weighted by atomic mass is 15.1. The van der Waals surface area contributed by atoms with Gasteiger partial charge in [-0.15, -0.1) is 0 Å². The van der Waals surface area contributed by atoms with Gasteiger partial charge in [-0.05, 0) is 12.1 Å². The molecule has 4 aromatic carbocycles. The first-order valence-electron chi connectivity index (χ1n) is 11.6. The van der Waals surface area contributed by atoms with E-state index in [-0.39, 0.29) is 0 Å². The summed E-state index contributed by atoms with van der Waals surface area (Å²) in [6.07, 6.45) is 2.17. The number of hydrogen-bond acceptors (Lipinski definition) is 3. The first-order valence-corrected chi connectivity index (χ1v) is 11.6. The van der Waals surface area contributed by atoms with Gasteiger partial charge in [0.25, 0.3) is 0 Å². The Morgan fingerprint density at radius 2 is 1.20 bits per heavy atom. The third-order valence-electron chi connectivity index (χ3n) is 6.42. The molecular weight excluding hydrogens is 428 g/mol. The second-order valence-electron chi connectivity index (χ2n) is 8.57. The maximum absolute atomic E-state index is 5.05. The van der Waals surface area contributed by atoms with Crippen molar-refractivity contribution in [2.24, 2.45) is 0 Å². The number of aromatic nitrogens is 4. The van der Waals surface area contributed by atoms with Gasteiger partial charge in [-0.3, -0.25) is 0 Å². The average molecular weight is 449 g/mol. The zero-order chi connectivity index (χ0) is 23.2. The van der Waals surface area contributed by atoms with Gasteiger partial charge in [0.1, 0.15) is 5.82 Å². The van der Waals surface area contributed by atoms with Crippen LogP contribution in [0.4, 0.5) is 0 Å². The SMILES string of the molecule is c1ccc(-c2cc(-n3cc4c5ccccc5nc-4c4ccccc43)nc(-c3ccccc3)n2)cc1. The van der Waals surface area contributed by atoms with E-state index in [9.17, 15) is 0 Å². The molecule has 0 unspecified atom stereocenters. The summed E-state index contributed by atoms with van der Waals surface area (Å²) in [4.78, 5) is 15.0. The van der Waals surface area contributed by atoms with Crippen LogP contribution in [0, 0.1) is 0 Å². The maximum atomic E-state index is 5.05. The van der Waals surface area contributed by atoms with Gasteiger partial charge < -0.3 is 4.57 Å². The normalized spacial score (nSPS) is 11.4. The molecule has 0 saturated heterocycles. The van der Waals surface area contributed by atoms with Crippen LogP contribution in [0.1, 0.15) is 0 Å². The monoisotopic (exact) mass is 448 g/mol. The van der Waals surface area contributed by atoms with Crippen LogP contribution < -0.4 is 0 Å². The summed E-state index contributed by atoms with van der Waals surface area (Å²) in [5.41, 5.74) is 7.11. The Kier molecular flexibility index (Phi) is 4.42. The highest BCUT2D eigenvalue weighted by molar-refractivity contribution is 6.06. The second-order valence-corrected chi connectivity index (χ2v) is 8.57. The molecule has 0 saturated carbocycles. The lowest BCUT2D eigenvalue weighted by Crippen LogP contribution is -2.05. The van der Waals surface area contributed by atoms with E-state index in [1.54, 1.807) is 0 Å². The van der Waals surface area contributed by atoms with E-state index in [1.807, 2.05) is 42.5 Å². The van der Waals surface area contributed by atoms with Crippen LogP contribution in [-0.2, 0) is 0 Å². The molecule has 35 heavy (non-hydrogen) atoms. The summed E-state index contributed by atoms with van der Waals surface area (Å²) in [6, 6.07) is 39.2. The summed E-state index contributed by atoms with van der Waals surface area (Å²) >= 11 is 0. The summed E-state index contributed by atoms with van der Waals surface area (Å²) in [7, 11) is 0. The Morgan fingerprint density at radius 3 is 2.00 bits per heavy atom. The molecule has 1 aromatic heterocycles. The van der Waals surface area contributed by atoms with Crippen LogP contribution in [0.3, 0.4) is 0 Å². The molecule has 164 valence electrons. The third kappa shape index (κ3) is 3.27. The third-order valence-corrected chi connectivity index (χ3v) is 6.42.